The van der Waals surface area contributed by atoms with Crippen molar-refractivity contribution in [1.29, 1.82) is 0 Å². The van der Waals surface area contributed by atoms with Gasteiger partial charge in [0.25, 0.3) is 0 Å². The highest BCUT2D eigenvalue weighted by molar-refractivity contribution is 8.14. The number of nitrogens with one attached hydrogen (secondary N) is 2. The molecule has 1 heterocycles. The molecule has 0 fully saturated rings. The maximum Gasteiger partial charge on any atom is 0.221 e. The normalized spacial score (nSPS) is 18.9. The highest BCUT2D eigenvalue weighted by atomic mass is 32.2. The lowest BCUT2D eigenvalue weighted by molar-refractivity contribution is -0.120. The molecular formula is C12H23N3OS. The number of hydrogen-bond donors (Lipinski definition) is 2. The van der Waals surface area contributed by atoms with Gasteiger partial charge in [-0.3, -0.25) is 9.79 Å². The van der Waals surface area contributed by atoms with Crippen molar-refractivity contribution in [3.05, 3.63) is 0 Å². The van der Waals surface area contributed by atoms with E-state index >= 15 is 0 Å². The van der Waals surface area contributed by atoms with Crippen molar-refractivity contribution in [2.24, 2.45) is 4.99 Å². The molecular weight excluding hydrogens is 234 g/mol. The standard InChI is InChI=1S/C12H23N3OS/c1-3-5-10-9-15-12(17-10)14-8-6-11(16)13-7-4-2/h10H,3-9H2,1-2H3,(H,13,16)(H,14,15). The number of thioether (sulfide) groups is 1. The molecule has 1 aliphatic rings. The van der Waals surface area contributed by atoms with Crippen LogP contribution >= 0.6 is 11.8 Å². The zero-order chi connectivity index (χ0) is 12.5. The predicted octanol–water partition coefficient (Wildman–Crippen LogP) is 1.76. The topological polar surface area (TPSA) is 53.5 Å². The number of carbonyl (C=O) groups excluding carboxylic acids is 1. The number of aliphatic imine (C=N–C) groups is 1. The third-order valence-corrected chi connectivity index (χ3v) is 3.74. The maximum atomic E-state index is 11.3. The van der Waals surface area contributed by atoms with Crippen LogP contribution in [0.4, 0.5) is 0 Å². The highest BCUT2D eigenvalue weighted by Crippen LogP contribution is 2.23. The Morgan fingerprint density at radius 2 is 2.24 bits per heavy atom. The van der Waals surface area contributed by atoms with Gasteiger partial charge < -0.3 is 10.6 Å². The first-order valence-corrected chi connectivity index (χ1v) is 7.35. The molecule has 98 valence electrons. The van der Waals surface area contributed by atoms with Gasteiger partial charge in [0.2, 0.25) is 5.91 Å². The second-order valence-corrected chi connectivity index (χ2v) is 5.49. The Balaban J connectivity index is 2.06. The van der Waals surface area contributed by atoms with Crippen molar-refractivity contribution in [3.8, 4) is 0 Å². The van der Waals surface area contributed by atoms with Crippen molar-refractivity contribution in [1.82, 2.24) is 10.6 Å². The molecule has 17 heavy (non-hydrogen) atoms. The molecule has 1 rings (SSSR count). The fraction of sp³-hybridized carbons (Fsp3) is 0.833. The Hall–Kier alpha value is -0.710. The summed E-state index contributed by atoms with van der Waals surface area (Å²) >= 11 is 1.81. The summed E-state index contributed by atoms with van der Waals surface area (Å²) in [6.07, 6.45) is 3.94. The van der Waals surface area contributed by atoms with Gasteiger partial charge in [0, 0.05) is 24.8 Å². The predicted molar refractivity (Wildman–Crippen MR) is 74.5 cm³/mol. The van der Waals surface area contributed by atoms with Gasteiger partial charge in [-0.1, -0.05) is 32.0 Å². The second kappa shape index (κ2) is 8.39. The summed E-state index contributed by atoms with van der Waals surface area (Å²) < 4.78 is 0. The van der Waals surface area contributed by atoms with E-state index in [4.69, 9.17) is 0 Å². The second-order valence-electron chi connectivity index (χ2n) is 4.20. The lowest BCUT2D eigenvalue weighted by Crippen LogP contribution is -2.29. The molecule has 0 saturated heterocycles. The summed E-state index contributed by atoms with van der Waals surface area (Å²) in [7, 11) is 0. The molecule has 0 bridgehead atoms. The summed E-state index contributed by atoms with van der Waals surface area (Å²) in [5, 5.41) is 7.73. The number of rotatable bonds is 7. The van der Waals surface area contributed by atoms with E-state index in [1.54, 1.807) is 0 Å². The SMILES string of the molecule is CCCNC(=O)CCNC1=NCC(CCC)S1. The summed E-state index contributed by atoms with van der Waals surface area (Å²) in [4.78, 5) is 15.8. The van der Waals surface area contributed by atoms with Gasteiger partial charge in [0.1, 0.15) is 0 Å². The van der Waals surface area contributed by atoms with E-state index in [0.29, 0.717) is 18.2 Å². The van der Waals surface area contributed by atoms with Crippen LogP contribution in [0, 0.1) is 0 Å². The van der Waals surface area contributed by atoms with Gasteiger partial charge in [-0.2, -0.15) is 0 Å². The molecule has 0 spiro atoms. The van der Waals surface area contributed by atoms with Crippen LogP contribution in [0.5, 0.6) is 0 Å². The average Bonchev–Trinajstić information content (AvgIpc) is 2.75. The number of amidine groups is 1. The van der Waals surface area contributed by atoms with Crippen LogP contribution in [0.3, 0.4) is 0 Å². The van der Waals surface area contributed by atoms with Crippen LogP contribution in [-0.2, 0) is 4.79 Å². The van der Waals surface area contributed by atoms with Crippen LogP contribution in [-0.4, -0.2) is 36.0 Å². The minimum absolute atomic E-state index is 0.119. The third-order valence-electron chi connectivity index (χ3n) is 2.53. The zero-order valence-corrected chi connectivity index (χ0v) is 11.6. The quantitative estimate of drug-likeness (QED) is 0.731. The Bertz CT molecular complexity index is 268. The summed E-state index contributed by atoms with van der Waals surface area (Å²) in [6, 6.07) is 0. The number of hydrogen-bond acceptors (Lipinski definition) is 4. The van der Waals surface area contributed by atoms with E-state index in [-0.39, 0.29) is 5.91 Å². The molecule has 0 radical (unpaired) electrons. The van der Waals surface area contributed by atoms with Gasteiger partial charge in [0.05, 0.1) is 6.54 Å². The number of amides is 1. The van der Waals surface area contributed by atoms with Crippen LogP contribution in [0.25, 0.3) is 0 Å². The Kier molecular flexibility index (Phi) is 7.08. The lowest BCUT2D eigenvalue weighted by atomic mass is 10.2. The van der Waals surface area contributed by atoms with Gasteiger partial charge in [-0.05, 0) is 12.8 Å². The number of carbonyl (C=O) groups is 1. The smallest absolute Gasteiger partial charge is 0.221 e. The van der Waals surface area contributed by atoms with Gasteiger partial charge >= 0.3 is 0 Å². The zero-order valence-electron chi connectivity index (χ0n) is 10.8. The largest absolute Gasteiger partial charge is 0.364 e. The fourth-order valence-corrected chi connectivity index (χ4v) is 2.78. The van der Waals surface area contributed by atoms with E-state index in [1.165, 1.54) is 12.8 Å². The Morgan fingerprint density at radius 3 is 2.94 bits per heavy atom. The van der Waals surface area contributed by atoms with Crippen LogP contribution in [0.2, 0.25) is 0 Å². The van der Waals surface area contributed by atoms with E-state index in [1.807, 2.05) is 11.8 Å². The summed E-state index contributed by atoms with van der Waals surface area (Å²) in [6.45, 7) is 6.62. The molecule has 0 aliphatic carbocycles. The first kappa shape index (κ1) is 14.4. The molecule has 0 saturated carbocycles. The Morgan fingerprint density at radius 1 is 1.41 bits per heavy atom. The minimum atomic E-state index is 0.119. The molecule has 2 N–H and O–H groups in total. The Labute approximate surface area is 108 Å². The average molecular weight is 257 g/mol. The van der Waals surface area contributed by atoms with E-state index < -0.39 is 0 Å². The van der Waals surface area contributed by atoms with Crippen molar-refractivity contribution >= 4 is 22.8 Å². The molecule has 0 aromatic carbocycles. The van der Waals surface area contributed by atoms with Crippen molar-refractivity contribution in [2.45, 2.75) is 44.8 Å². The van der Waals surface area contributed by atoms with Gasteiger partial charge in [-0.25, -0.2) is 0 Å². The molecule has 5 heteroatoms. The van der Waals surface area contributed by atoms with Crippen molar-refractivity contribution < 1.29 is 4.79 Å². The minimum Gasteiger partial charge on any atom is -0.364 e. The van der Waals surface area contributed by atoms with E-state index in [2.05, 4.69) is 29.5 Å². The van der Waals surface area contributed by atoms with Crippen LogP contribution < -0.4 is 10.6 Å². The summed E-state index contributed by atoms with van der Waals surface area (Å²) in [5.74, 6) is 0.119. The molecule has 1 atom stereocenters. The van der Waals surface area contributed by atoms with Crippen molar-refractivity contribution in [2.75, 3.05) is 19.6 Å². The van der Waals surface area contributed by atoms with Crippen LogP contribution in [0.15, 0.2) is 4.99 Å². The van der Waals surface area contributed by atoms with E-state index in [9.17, 15) is 4.79 Å². The third kappa shape index (κ3) is 5.96. The summed E-state index contributed by atoms with van der Waals surface area (Å²) in [5.41, 5.74) is 0. The molecule has 0 aromatic heterocycles. The fourth-order valence-electron chi connectivity index (χ4n) is 1.62. The first-order chi connectivity index (χ1) is 8.26. The highest BCUT2D eigenvalue weighted by Gasteiger charge is 2.18. The van der Waals surface area contributed by atoms with Crippen LogP contribution in [0.1, 0.15) is 39.5 Å². The molecule has 1 amide bonds. The molecule has 0 aromatic rings. The van der Waals surface area contributed by atoms with E-state index in [0.717, 1.165) is 24.7 Å². The van der Waals surface area contributed by atoms with Crippen molar-refractivity contribution in [3.63, 3.8) is 0 Å². The monoisotopic (exact) mass is 257 g/mol. The molecule has 1 unspecified atom stereocenters. The molecule has 4 nitrogen and oxygen atoms in total. The maximum absolute atomic E-state index is 11.3. The van der Waals surface area contributed by atoms with Gasteiger partial charge in [0.15, 0.2) is 5.17 Å². The number of nitrogens with zero attached hydrogens (tertiary/aromatic N) is 1. The lowest BCUT2D eigenvalue weighted by Gasteiger charge is -2.08. The first-order valence-electron chi connectivity index (χ1n) is 6.48. The molecule has 1 aliphatic heterocycles. The van der Waals surface area contributed by atoms with Gasteiger partial charge in [-0.15, -0.1) is 0 Å².